The highest BCUT2D eigenvalue weighted by Crippen LogP contribution is 2.21. The van der Waals surface area contributed by atoms with Crippen LogP contribution in [-0.4, -0.2) is 34.9 Å². The van der Waals surface area contributed by atoms with Crippen molar-refractivity contribution >= 4 is 11.6 Å². The molecule has 1 aliphatic carbocycles. The molecule has 0 spiro atoms. The molecule has 1 saturated carbocycles. The summed E-state index contributed by atoms with van der Waals surface area (Å²) in [5.74, 6) is 0.0132. The first-order chi connectivity index (χ1) is 9.74. The minimum atomic E-state index is 0.0132. The first-order valence-corrected chi connectivity index (χ1v) is 7.76. The van der Waals surface area contributed by atoms with Gasteiger partial charge in [-0.05, 0) is 38.8 Å². The molecule has 4 heteroatoms. The lowest BCUT2D eigenvalue weighted by molar-refractivity contribution is 0.0767. The zero-order valence-corrected chi connectivity index (χ0v) is 12.6. The molecule has 0 radical (unpaired) electrons. The molecule has 1 amide bonds. The van der Waals surface area contributed by atoms with Crippen molar-refractivity contribution in [1.82, 2.24) is 9.88 Å². The van der Waals surface area contributed by atoms with Gasteiger partial charge in [-0.2, -0.15) is 0 Å². The van der Waals surface area contributed by atoms with Crippen molar-refractivity contribution in [2.24, 2.45) is 0 Å². The Bertz CT molecular complexity index is 420. The lowest BCUT2D eigenvalue weighted by Gasteiger charge is -2.24. The van der Waals surface area contributed by atoms with Crippen LogP contribution in [0.5, 0.6) is 0 Å². The monoisotopic (exact) mass is 275 g/mol. The molecule has 1 N–H and O–H groups in total. The van der Waals surface area contributed by atoms with Gasteiger partial charge >= 0.3 is 0 Å². The molecule has 0 aromatic carbocycles. The SMILES string of the molecule is CCN(CC)C(=O)c1ccc(NC2CCCCC2)cn1. The number of carbonyl (C=O) groups is 1. The lowest BCUT2D eigenvalue weighted by atomic mass is 9.95. The molecule has 1 aromatic rings. The summed E-state index contributed by atoms with van der Waals surface area (Å²) in [7, 11) is 0. The van der Waals surface area contributed by atoms with Crippen LogP contribution in [0.1, 0.15) is 56.4 Å². The third-order valence-corrected chi connectivity index (χ3v) is 4.01. The molecular weight excluding hydrogens is 250 g/mol. The van der Waals surface area contributed by atoms with Crippen LogP contribution in [0.3, 0.4) is 0 Å². The number of nitrogens with zero attached hydrogens (tertiary/aromatic N) is 2. The number of carbonyl (C=O) groups excluding carboxylic acids is 1. The maximum atomic E-state index is 12.2. The molecule has 1 aliphatic rings. The molecule has 110 valence electrons. The number of aromatic nitrogens is 1. The standard InChI is InChI=1S/C16H25N3O/c1-3-19(4-2)16(20)15-11-10-14(12-17-15)18-13-8-6-5-7-9-13/h10-13,18H,3-9H2,1-2H3. The fraction of sp³-hybridized carbons (Fsp3) is 0.625. The topological polar surface area (TPSA) is 45.2 Å². The third-order valence-electron chi connectivity index (χ3n) is 4.01. The number of anilines is 1. The Hall–Kier alpha value is -1.58. The average molecular weight is 275 g/mol. The van der Waals surface area contributed by atoms with Crippen LogP contribution in [0.4, 0.5) is 5.69 Å². The minimum absolute atomic E-state index is 0.0132. The highest BCUT2D eigenvalue weighted by Gasteiger charge is 2.15. The Morgan fingerprint density at radius 1 is 1.25 bits per heavy atom. The van der Waals surface area contributed by atoms with Crippen LogP contribution in [0.2, 0.25) is 0 Å². The number of nitrogens with one attached hydrogen (secondary N) is 1. The fourth-order valence-electron chi connectivity index (χ4n) is 2.76. The van der Waals surface area contributed by atoms with Crippen LogP contribution in [0.25, 0.3) is 0 Å². The molecule has 2 rings (SSSR count). The maximum Gasteiger partial charge on any atom is 0.272 e. The van der Waals surface area contributed by atoms with Gasteiger partial charge in [-0.1, -0.05) is 19.3 Å². The van der Waals surface area contributed by atoms with Crippen molar-refractivity contribution in [3.8, 4) is 0 Å². The van der Waals surface area contributed by atoms with E-state index in [4.69, 9.17) is 0 Å². The smallest absolute Gasteiger partial charge is 0.272 e. The summed E-state index contributed by atoms with van der Waals surface area (Å²) >= 11 is 0. The van der Waals surface area contributed by atoms with Gasteiger partial charge in [-0.15, -0.1) is 0 Å². The van der Waals surface area contributed by atoms with Crippen molar-refractivity contribution in [3.05, 3.63) is 24.0 Å². The van der Waals surface area contributed by atoms with E-state index >= 15 is 0 Å². The van der Waals surface area contributed by atoms with Gasteiger partial charge in [0.25, 0.3) is 5.91 Å². The van der Waals surface area contributed by atoms with E-state index in [-0.39, 0.29) is 5.91 Å². The quantitative estimate of drug-likeness (QED) is 0.896. The number of amides is 1. The molecule has 1 heterocycles. The second-order valence-corrected chi connectivity index (χ2v) is 5.39. The van der Waals surface area contributed by atoms with E-state index in [1.807, 2.05) is 26.0 Å². The van der Waals surface area contributed by atoms with Gasteiger partial charge in [0.15, 0.2) is 0 Å². The molecule has 0 saturated heterocycles. The number of hydrogen-bond donors (Lipinski definition) is 1. The Kier molecular flexibility index (Phi) is 5.39. The number of hydrogen-bond acceptors (Lipinski definition) is 3. The van der Waals surface area contributed by atoms with E-state index in [1.165, 1.54) is 32.1 Å². The molecule has 0 bridgehead atoms. The summed E-state index contributed by atoms with van der Waals surface area (Å²) in [5, 5.41) is 3.52. The van der Waals surface area contributed by atoms with Gasteiger partial charge < -0.3 is 10.2 Å². The highest BCUT2D eigenvalue weighted by atomic mass is 16.2. The molecule has 0 atom stereocenters. The van der Waals surface area contributed by atoms with E-state index in [2.05, 4.69) is 10.3 Å². The van der Waals surface area contributed by atoms with Crippen molar-refractivity contribution in [1.29, 1.82) is 0 Å². The normalized spacial score (nSPS) is 15.9. The van der Waals surface area contributed by atoms with Crippen molar-refractivity contribution in [2.45, 2.75) is 52.0 Å². The molecule has 1 fully saturated rings. The molecule has 4 nitrogen and oxygen atoms in total. The van der Waals surface area contributed by atoms with Crippen LogP contribution in [0, 0.1) is 0 Å². The predicted molar refractivity (Wildman–Crippen MR) is 82.0 cm³/mol. The Labute approximate surface area is 121 Å². The van der Waals surface area contributed by atoms with E-state index in [0.29, 0.717) is 11.7 Å². The van der Waals surface area contributed by atoms with Crippen molar-refractivity contribution in [2.75, 3.05) is 18.4 Å². The lowest BCUT2D eigenvalue weighted by Crippen LogP contribution is -2.31. The minimum Gasteiger partial charge on any atom is -0.381 e. The summed E-state index contributed by atoms with van der Waals surface area (Å²) in [5.41, 5.74) is 1.55. The Morgan fingerprint density at radius 3 is 2.50 bits per heavy atom. The summed E-state index contributed by atoms with van der Waals surface area (Å²) in [4.78, 5) is 18.2. The Morgan fingerprint density at radius 2 is 1.95 bits per heavy atom. The largest absolute Gasteiger partial charge is 0.381 e. The van der Waals surface area contributed by atoms with Crippen LogP contribution >= 0.6 is 0 Å². The first-order valence-electron chi connectivity index (χ1n) is 7.76. The summed E-state index contributed by atoms with van der Waals surface area (Å²) < 4.78 is 0. The van der Waals surface area contributed by atoms with Crippen molar-refractivity contribution in [3.63, 3.8) is 0 Å². The predicted octanol–water partition coefficient (Wildman–Crippen LogP) is 3.31. The first kappa shape index (κ1) is 14.8. The Balaban J connectivity index is 1.96. The molecule has 0 unspecified atom stereocenters. The van der Waals surface area contributed by atoms with Gasteiger partial charge in [0, 0.05) is 19.1 Å². The van der Waals surface area contributed by atoms with Gasteiger partial charge in [0.05, 0.1) is 11.9 Å². The van der Waals surface area contributed by atoms with E-state index in [9.17, 15) is 4.79 Å². The van der Waals surface area contributed by atoms with Gasteiger partial charge in [0.1, 0.15) is 5.69 Å². The van der Waals surface area contributed by atoms with Gasteiger partial charge in [0.2, 0.25) is 0 Å². The highest BCUT2D eigenvalue weighted by molar-refractivity contribution is 5.92. The third kappa shape index (κ3) is 3.71. The molecule has 0 aliphatic heterocycles. The van der Waals surface area contributed by atoms with Crippen LogP contribution in [0.15, 0.2) is 18.3 Å². The molecule has 1 aromatic heterocycles. The molecular formula is C16H25N3O. The van der Waals surface area contributed by atoms with Crippen LogP contribution < -0.4 is 5.32 Å². The second-order valence-electron chi connectivity index (χ2n) is 5.39. The maximum absolute atomic E-state index is 12.2. The van der Waals surface area contributed by atoms with Crippen molar-refractivity contribution < 1.29 is 4.79 Å². The zero-order valence-electron chi connectivity index (χ0n) is 12.6. The summed E-state index contributed by atoms with van der Waals surface area (Å²) in [6.07, 6.45) is 8.23. The number of pyridine rings is 1. The molecule has 20 heavy (non-hydrogen) atoms. The van der Waals surface area contributed by atoms with Crippen LogP contribution in [-0.2, 0) is 0 Å². The van der Waals surface area contributed by atoms with E-state index in [0.717, 1.165) is 18.8 Å². The van der Waals surface area contributed by atoms with E-state index < -0.39 is 0 Å². The second kappa shape index (κ2) is 7.27. The summed E-state index contributed by atoms with van der Waals surface area (Å²) in [6.45, 7) is 5.42. The summed E-state index contributed by atoms with van der Waals surface area (Å²) in [6, 6.07) is 4.36. The van der Waals surface area contributed by atoms with Gasteiger partial charge in [-0.3, -0.25) is 4.79 Å². The van der Waals surface area contributed by atoms with Gasteiger partial charge in [-0.25, -0.2) is 4.98 Å². The fourth-order valence-corrected chi connectivity index (χ4v) is 2.76. The number of rotatable bonds is 5. The zero-order chi connectivity index (χ0) is 14.4. The van der Waals surface area contributed by atoms with E-state index in [1.54, 1.807) is 11.1 Å². The average Bonchev–Trinajstić information content (AvgIpc) is 2.50.